The highest BCUT2D eigenvalue weighted by atomic mass is 35.5. The Morgan fingerprint density at radius 3 is 2.47 bits per heavy atom. The third kappa shape index (κ3) is 4.43. The van der Waals surface area contributed by atoms with Crippen LogP contribution in [-0.4, -0.2) is 28.4 Å². The number of anilines is 1. The van der Waals surface area contributed by atoms with E-state index in [1.54, 1.807) is 34.9 Å². The number of nitrogens with one attached hydrogen (secondary N) is 1. The summed E-state index contributed by atoms with van der Waals surface area (Å²) in [6.07, 6.45) is 1.43. The van der Waals surface area contributed by atoms with Crippen molar-refractivity contribution in [3.63, 3.8) is 0 Å². The van der Waals surface area contributed by atoms with Crippen molar-refractivity contribution in [3.05, 3.63) is 87.2 Å². The van der Waals surface area contributed by atoms with Crippen molar-refractivity contribution in [2.45, 2.75) is 6.54 Å². The maximum atomic E-state index is 13.2. The predicted molar refractivity (Wildman–Crippen MR) is 126 cm³/mol. The molecule has 0 aliphatic heterocycles. The first-order valence-corrected chi connectivity index (χ1v) is 10.6. The van der Waals surface area contributed by atoms with E-state index in [2.05, 4.69) is 10.3 Å². The highest BCUT2D eigenvalue weighted by molar-refractivity contribution is 6.52. The van der Waals surface area contributed by atoms with Gasteiger partial charge in [0.15, 0.2) is 0 Å². The molecule has 1 N–H and O–H groups in total. The van der Waals surface area contributed by atoms with Crippen molar-refractivity contribution in [2.24, 2.45) is 0 Å². The van der Waals surface area contributed by atoms with Crippen molar-refractivity contribution in [1.82, 2.24) is 9.55 Å². The van der Waals surface area contributed by atoms with Gasteiger partial charge in [-0.1, -0.05) is 46.9 Å². The minimum atomic E-state index is -0.845. The zero-order chi connectivity index (χ0) is 22.8. The quantitative estimate of drug-likeness (QED) is 0.209. The molecule has 0 saturated heterocycles. The number of carbonyl (C=O) groups is 2. The molecule has 4 aromatic rings. The fourth-order valence-corrected chi connectivity index (χ4v) is 3.99. The molecule has 0 aliphatic carbocycles. The number of halogens is 3. The number of nitrogens with zero attached hydrogens (tertiary/aromatic N) is 2. The highest BCUT2D eigenvalue weighted by Crippen LogP contribution is 2.34. The van der Waals surface area contributed by atoms with Crippen LogP contribution in [0.1, 0.15) is 15.9 Å². The summed E-state index contributed by atoms with van der Waals surface area (Å²) in [5.74, 6) is -1.09. The Labute approximate surface area is 198 Å². The molecule has 2 aromatic carbocycles. The average Bonchev–Trinajstić information content (AvgIpc) is 3.05. The number of carbonyl (C=O) groups excluding carboxylic acids is 2. The summed E-state index contributed by atoms with van der Waals surface area (Å²) in [4.78, 5) is 29.8. The fraction of sp³-hybridized carbons (Fsp3) is 0.0870. The number of rotatable bonds is 6. The third-order valence-electron chi connectivity index (χ3n) is 4.88. The Bertz CT molecular complexity index is 1330. The van der Waals surface area contributed by atoms with E-state index in [9.17, 15) is 9.59 Å². The SMILES string of the molecule is COc1ccc2c(c1)c(C(=O)C(=O)Nc1ccnc(Cl)c1)c(Cl)n2Cc1ccc(Cl)cc1. The largest absolute Gasteiger partial charge is 0.497 e. The van der Waals surface area contributed by atoms with E-state index < -0.39 is 11.7 Å². The smallest absolute Gasteiger partial charge is 0.296 e. The summed E-state index contributed by atoms with van der Waals surface area (Å²) in [6, 6.07) is 15.5. The second-order valence-corrected chi connectivity index (χ2v) is 8.09. The molecule has 0 atom stereocenters. The second-order valence-electron chi connectivity index (χ2n) is 6.91. The molecular formula is C23H16Cl3N3O3. The standard InChI is InChI=1S/C23H16Cl3N3O3/c1-32-16-6-7-18-17(11-16)20(21(30)23(31)28-15-8-9-27-19(25)10-15)22(26)29(18)12-13-2-4-14(24)5-3-13/h2-11H,12H2,1H3,(H,27,28,31). The summed E-state index contributed by atoms with van der Waals surface area (Å²) in [6.45, 7) is 0.383. The molecule has 0 fully saturated rings. The lowest BCUT2D eigenvalue weighted by molar-refractivity contribution is -0.112. The van der Waals surface area contributed by atoms with Gasteiger partial charge in [-0.3, -0.25) is 9.59 Å². The Balaban J connectivity index is 1.77. The van der Waals surface area contributed by atoms with Gasteiger partial charge in [0.1, 0.15) is 16.1 Å². The van der Waals surface area contributed by atoms with Crippen LogP contribution >= 0.6 is 34.8 Å². The molecule has 1 amide bonds. The van der Waals surface area contributed by atoms with Crippen LogP contribution in [-0.2, 0) is 11.3 Å². The Hall–Kier alpha value is -3.06. The number of Topliss-reactive ketones (excluding diaryl/α,β-unsaturated/α-hetero) is 1. The number of pyridine rings is 1. The van der Waals surface area contributed by atoms with Crippen LogP contribution in [0.25, 0.3) is 10.9 Å². The van der Waals surface area contributed by atoms with Crippen molar-refractivity contribution in [3.8, 4) is 5.75 Å². The molecule has 2 aromatic heterocycles. The highest BCUT2D eigenvalue weighted by Gasteiger charge is 2.27. The predicted octanol–water partition coefficient (Wildman–Crippen LogP) is 5.87. The van der Waals surface area contributed by atoms with Crippen LogP contribution in [0.3, 0.4) is 0 Å². The summed E-state index contributed by atoms with van der Waals surface area (Å²) < 4.78 is 7.07. The van der Waals surface area contributed by atoms with Crippen molar-refractivity contribution in [1.29, 1.82) is 0 Å². The van der Waals surface area contributed by atoms with Crippen LogP contribution in [0.5, 0.6) is 5.75 Å². The van der Waals surface area contributed by atoms with Gasteiger partial charge in [-0.15, -0.1) is 0 Å². The van der Waals surface area contributed by atoms with Crippen LogP contribution in [0.2, 0.25) is 15.3 Å². The van der Waals surface area contributed by atoms with Crippen LogP contribution in [0.15, 0.2) is 60.8 Å². The van der Waals surface area contributed by atoms with E-state index >= 15 is 0 Å². The number of ether oxygens (including phenoxy) is 1. The number of hydrogen-bond donors (Lipinski definition) is 1. The summed E-state index contributed by atoms with van der Waals surface area (Å²) >= 11 is 18.5. The zero-order valence-corrected chi connectivity index (χ0v) is 19.0. The minimum Gasteiger partial charge on any atom is -0.497 e. The topological polar surface area (TPSA) is 73.2 Å². The number of aromatic nitrogens is 2. The maximum absolute atomic E-state index is 13.2. The maximum Gasteiger partial charge on any atom is 0.296 e. The van der Waals surface area contributed by atoms with Crippen molar-refractivity contribution < 1.29 is 14.3 Å². The number of amides is 1. The van der Waals surface area contributed by atoms with Gasteiger partial charge in [0.25, 0.3) is 11.7 Å². The molecule has 0 saturated carbocycles. The lowest BCUT2D eigenvalue weighted by atomic mass is 10.1. The third-order valence-corrected chi connectivity index (χ3v) is 5.73. The van der Waals surface area contributed by atoms with Crippen LogP contribution in [0, 0.1) is 0 Å². The average molecular weight is 489 g/mol. The van der Waals surface area contributed by atoms with Gasteiger partial charge < -0.3 is 14.6 Å². The van der Waals surface area contributed by atoms with E-state index in [0.717, 1.165) is 5.56 Å². The molecule has 0 bridgehead atoms. The molecule has 162 valence electrons. The molecule has 0 unspecified atom stereocenters. The minimum absolute atomic E-state index is 0.0900. The van der Waals surface area contributed by atoms with Gasteiger partial charge in [-0.2, -0.15) is 0 Å². The Morgan fingerprint density at radius 2 is 1.78 bits per heavy atom. The van der Waals surface area contributed by atoms with Gasteiger partial charge >= 0.3 is 0 Å². The molecule has 2 heterocycles. The van der Waals surface area contributed by atoms with Gasteiger partial charge in [0.05, 0.1) is 18.2 Å². The van der Waals surface area contributed by atoms with Gasteiger partial charge in [-0.25, -0.2) is 4.98 Å². The molecule has 6 nitrogen and oxygen atoms in total. The number of methoxy groups -OCH3 is 1. The molecule has 0 aliphatic rings. The van der Waals surface area contributed by atoms with E-state index in [0.29, 0.717) is 33.9 Å². The van der Waals surface area contributed by atoms with Crippen molar-refractivity contribution in [2.75, 3.05) is 12.4 Å². The normalized spacial score (nSPS) is 10.9. The first-order valence-electron chi connectivity index (χ1n) is 9.45. The van der Waals surface area contributed by atoms with Crippen LogP contribution < -0.4 is 10.1 Å². The lowest BCUT2D eigenvalue weighted by Gasteiger charge is -2.08. The number of fused-ring (bicyclic) bond motifs is 1. The number of benzene rings is 2. The molecule has 4 rings (SSSR count). The number of ketones is 1. The molecule has 9 heteroatoms. The molecular weight excluding hydrogens is 473 g/mol. The van der Waals surface area contributed by atoms with E-state index in [4.69, 9.17) is 39.5 Å². The van der Waals surface area contributed by atoms with Gasteiger partial charge in [-0.05, 0) is 48.0 Å². The lowest BCUT2D eigenvalue weighted by Crippen LogP contribution is -2.23. The van der Waals surface area contributed by atoms with Crippen LogP contribution in [0.4, 0.5) is 5.69 Å². The van der Waals surface area contributed by atoms with Gasteiger partial charge in [0, 0.05) is 28.8 Å². The Morgan fingerprint density at radius 1 is 1.03 bits per heavy atom. The second kappa shape index (κ2) is 9.20. The Kier molecular flexibility index (Phi) is 6.37. The summed E-state index contributed by atoms with van der Waals surface area (Å²) in [5, 5.41) is 4.01. The molecule has 0 spiro atoms. The first-order chi connectivity index (χ1) is 15.4. The summed E-state index contributed by atoms with van der Waals surface area (Å²) in [7, 11) is 1.52. The van der Waals surface area contributed by atoms with E-state index in [1.807, 2.05) is 12.1 Å². The summed E-state index contributed by atoms with van der Waals surface area (Å²) in [5.41, 5.74) is 2.06. The monoisotopic (exact) mass is 487 g/mol. The van der Waals surface area contributed by atoms with Gasteiger partial charge in [0.2, 0.25) is 0 Å². The molecule has 0 radical (unpaired) electrons. The van der Waals surface area contributed by atoms with Crippen molar-refractivity contribution >= 4 is 63.1 Å². The fourth-order valence-electron chi connectivity index (χ4n) is 3.35. The number of hydrogen-bond acceptors (Lipinski definition) is 4. The zero-order valence-electron chi connectivity index (χ0n) is 16.7. The first kappa shape index (κ1) is 22.1. The molecule has 32 heavy (non-hydrogen) atoms. The van der Waals surface area contributed by atoms with E-state index in [1.165, 1.54) is 25.4 Å². The van der Waals surface area contributed by atoms with E-state index in [-0.39, 0.29) is 15.9 Å².